The third-order valence-corrected chi connectivity index (χ3v) is 10.2. The van der Waals surface area contributed by atoms with Gasteiger partial charge >= 0.3 is 5.97 Å². The standard InChI is InChI=1S/C20H13N3S.C20H14N2O2S/c21-10-16-12-24-19-17(11-23-20(22)18(16)19)15-8-4-7-14(9-15)13-5-2-1-3-6-13;21-19-17-16(20(23)24)11-25-18(17)15(10-22-19)14-8-4-7-13(9-14)12-5-2-1-3-6-12/h1-9,11-12H,(H2,22,23);1-11H,(H2,21,22)(H,23,24). The summed E-state index contributed by atoms with van der Waals surface area (Å²) >= 11 is 2.91. The number of anilines is 2. The van der Waals surface area contributed by atoms with Gasteiger partial charge in [0.05, 0.1) is 16.5 Å². The number of pyridine rings is 2. The minimum atomic E-state index is -0.991. The third-order valence-electron chi connectivity index (χ3n) is 8.16. The predicted molar refractivity (Wildman–Crippen MR) is 201 cm³/mol. The highest BCUT2D eigenvalue weighted by molar-refractivity contribution is 7.18. The quantitative estimate of drug-likeness (QED) is 0.165. The van der Waals surface area contributed by atoms with Crippen molar-refractivity contribution in [1.82, 2.24) is 9.97 Å². The first-order valence-electron chi connectivity index (χ1n) is 15.2. The summed E-state index contributed by atoms with van der Waals surface area (Å²) in [6.45, 7) is 0. The van der Waals surface area contributed by atoms with E-state index in [1.165, 1.54) is 28.2 Å². The summed E-state index contributed by atoms with van der Waals surface area (Å²) in [6.07, 6.45) is 3.50. The van der Waals surface area contributed by atoms with Crippen molar-refractivity contribution >= 4 is 60.5 Å². The number of aromatic carboxylic acids is 1. The number of nitrogens with zero attached hydrogens (tertiary/aromatic N) is 3. The summed E-state index contributed by atoms with van der Waals surface area (Å²) < 4.78 is 1.85. The van der Waals surface area contributed by atoms with Crippen LogP contribution in [0.3, 0.4) is 0 Å². The Morgan fingerprint density at radius 2 is 1.06 bits per heavy atom. The van der Waals surface area contributed by atoms with E-state index in [1.807, 2.05) is 60.0 Å². The number of carbonyl (C=O) groups is 1. The number of rotatable bonds is 5. The first-order chi connectivity index (χ1) is 23.9. The molecule has 0 spiro atoms. The number of hydrogen-bond acceptors (Lipinski definition) is 8. The van der Waals surface area contributed by atoms with E-state index in [-0.39, 0.29) is 11.4 Å². The Hall–Kier alpha value is -6.34. The van der Waals surface area contributed by atoms with Gasteiger partial charge in [0.1, 0.15) is 17.7 Å². The molecule has 49 heavy (non-hydrogen) atoms. The zero-order chi connectivity index (χ0) is 33.9. The van der Waals surface area contributed by atoms with Crippen LogP contribution in [0.25, 0.3) is 64.7 Å². The Labute approximate surface area is 290 Å². The molecule has 9 heteroatoms. The normalized spacial score (nSPS) is 10.8. The van der Waals surface area contributed by atoms with Crippen molar-refractivity contribution in [2.75, 3.05) is 11.5 Å². The molecule has 0 fully saturated rings. The highest BCUT2D eigenvalue weighted by Crippen LogP contribution is 2.39. The molecule has 0 aliphatic heterocycles. The van der Waals surface area contributed by atoms with Crippen LogP contribution in [0, 0.1) is 11.3 Å². The number of hydrogen-bond donors (Lipinski definition) is 3. The van der Waals surface area contributed by atoms with E-state index in [0.29, 0.717) is 16.8 Å². The lowest BCUT2D eigenvalue weighted by molar-refractivity contribution is 0.0699. The average molecular weight is 674 g/mol. The summed E-state index contributed by atoms with van der Waals surface area (Å²) in [5, 5.41) is 23.4. The number of nitrogens with two attached hydrogens (primary N) is 2. The van der Waals surface area contributed by atoms with Crippen LogP contribution in [-0.4, -0.2) is 21.0 Å². The molecule has 8 rings (SSSR count). The van der Waals surface area contributed by atoms with E-state index in [0.717, 1.165) is 53.7 Å². The summed E-state index contributed by atoms with van der Waals surface area (Å²) in [6, 6.07) is 39.0. The van der Waals surface area contributed by atoms with E-state index in [1.54, 1.807) is 17.8 Å². The third kappa shape index (κ3) is 6.10. The molecule has 5 N–H and O–H groups in total. The van der Waals surface area contributed by atoms with E-state index < -0.39 is 5.97 Å². The van der Waals surface area contributed by atoms with Crippen LogP contribution in [0.4, 0.5) is 11.6 Å². The molecule has 0 saturated carbocycles. The highest BCUT2D eigenvalue weighted by Gasteiger charge is 2.18. The molecule has 7 nitrogen and oxygen atoms in total. The Kier molecular flexibility index (Phi) is 8.56. The molecular weight excluding hydrogens is 647 g/mol. The monoisotopic (exact) mass is 673 g/mol. The number of nitriles is 1. The van der Waals surface area contributed by atoms with Crippen molar-refractivity contribution in [3.05, 3.63) is 143 Å². The van der Waals surface area contributed by atoms with E-state index >= 15 is 0 Å². The van der Waals surface area contributed by atoms with Crippen molar-refractivity contribution in [3.8, 4) is 50.6 Å². The maximum atomic E-state index is 11.4. The number of carboxylic acid groups (broad SMARTS) is 1. The first kappa shape index (κ1) is 31.3. The molecular formula is C40H27N5O2S2. The van der Waals surface area contributed by atoms with Crippen LogP contribution < -0.4 is 11.5 Å². The lowest BCUT2D eigenvalue weighted by Crippen LogP contribution is -1.98. The summed E-state index contributed by atoms with van der Waals surface area (Å²) in [4.78, 5) is 20.0. The number of aromatic nitrogens is 2. The van der Waals surface area contributed by atoms with Gasteiger partial charge in [-0.2, -0.15) is 5.26 Å². The van der Waals surface area contributed by atoms with Crippen LogP contribution >= 0.6 is 22.7 Å². The smallest absolute Gasteiger partial charge is 0.337 e. The van der Waals surface area contributed by atoms with Gasteiger partial charge in [-0.25, -0.2) is 14.8 Å². The van der Waals surface area contributed by atoms with Crippen molar-refractivity contribution in [2.24, 2.45) is 0 Å². The van der Waals surface area contributed by atoms with Gasteiger partial charge in [0.15, 0.2) is 0 Å². The molecule has 0 atom stereocenters. The summed E-state index contributed by atoms with van der Waals surface area (Å²) in [7, 11) is 0. The number of nitrogen functional groups attached to an aromatic ring is 2. The molecule has 4 aromatic heterocycles. The fourth-order valence-electron chi connectivity index (χ4n) is 5.78. The van der Waals surface area contributed by atoms with Crippen LogP contribution in [0.1, 0.15) is 15.9 Å². The number of thiophene rings is 2. The van der Waals surface area contributed by atoms with Crippen molar-refractivity contribution in [2.45, 2.75) is 0 Å². The highest BCUT2D eigenvalue weighted by atomic mass is 32.1. The number of carboxylic acids is 1. The minimum Gasteiger partial charge on any atom is -0.478 e. The maximum absolute atomic E-state index is 11.4. The predicted octanol–water partition coefficient (Wildman–Crippen LogP) is 9.99. The number of benzene rings is 4. The zero-order valence-electron chi connectivity index (χ0n) is 25.9. The molecule has 0 radical (unpaired) electrons. The molecule has 8 aromatic rings. The van der Waals surface area contributed by atoms with E-state index in [9.17, 15) is 15.2 Å². The van der Waals surface area contributed by atoms with Gasteiger partial charge in [-0.1, -0.05) is 97.1 Å². The molecule has 0 saturated heterocycles. The van der Waals surface area contributed by atoms with Gasteiger partial charge in [-0.3, -0.25) is 0 Å². The van der Waals surface area contributed by atoms with Gasteiger partial charge in [-0.15, -0.1) is 22.7 Å². The van der Waals surface area contributed by atoms with Crippen molar-refractivity contribution in [1.29, 1.82) is 5.26 Å². The van der Waals surface area contributed by atoms with E-state index in [4.69, 9.17) is 11.5 Å². The molecule has 4 aromatic carbocycles. The molecule has 0 aliphatic rings. The van der Waals surface area contributed by atoms with Crippen molar-refractivity contribution in [3.63, 3.8) is 0 Å². The lowest BCUT2D eigenvalue weighted by atomic mass is 9.99. The Morgan fingerprint density at radius 1 is 0.612 bits per heavy atom. The topological polar surface area (TPSA) is 139 Å². The largest absolute Gasteiger partial charge is 0.478 e. The fourth-order valence-corrected chi connectivity index (χ4v) is 7.90. The molecule has 236 valence electrons. The van der Waals surface area contributed by atoms with Crippen molar-refractivity contribution < 1.29 is 9.90 Å². The molecule has 4 heterocycles. The summed E-state index contributed by atoms with van der Waals surface area (Å²) in [5.41, 5.74) is 21.2. The Bertz CT molecular complexity index is 2520. The lowest BCUT2D eigenvalue weighted by Gasteiger charge is -2.08. The van der Waals surface area contributed by atoms with Crippen LogP contribution in [-0.2, 0) is 0 Å². The van der Waals surface area contributed by atoms with Gasteiger partial charge < -0.3 is 16.6 Å². The number of fused-ring (bicyclic) bond motifs is 2. The Balaban J connectivity index is 0.000000154. The van der Waals surface area contributed by atoms with E-state index in [2.05, 4.69) is 70.6 Å². The summed E-state index contributed by atoms with van der Waals surface area (Å²) in [5.74, 6) is -0.336. The average Bonchev–Trinajstić information content (AvgIpc) is 3.80. The van der Waals surface area contributed by atoms with Gasteiger partial charge in [-0.05, 0) is 45.5 Å². The SMILES string of the molecule is N#Cc1csc2c(-c3cccc(-c4ccccc4)c3)cnc(N)c12.Nc1ncc(-c2cccc(-c3ccccc3)c2)c2scc(C(=O)O)c12. The maximum Gasteiger partial charge on any atom is 0.337 e. The molecule has 0 aliphatic carbocycles. The van der Waals surface area contributed by atoms with Crippen LogP contribution in [0.2, 0.25) is 0 Å². The molecule has 0 bridgehead atoms. The fraction of sp³-hybridized carbons (Fsp3) is 0. The van der Waals surface area contributed by atoms with Crippen LogP contribution in [0.15, 0.2) is 132 Å². The second-order valence-corrected chi connectivity index (χ2v) is 12.9. The first-order valence-corrected chi connectivity index (χ1v) is 17.0. The Morgan fingerprint density at radius 3 is 1.57 bits per heavy atom. The zero-order valence-corrected chi connectivity index (χ0v) is 27.5. The molecule has 0 unspecified atom stereocenters. The molecule has 0 amide bonds. The van der Waals surface area contributed by atoms with Gasteiger partial charge in [0.2, 0.25) is 0 Å². The minimum absolute atomic E-state index is 0.200. The van der Waals surface area contributed by atoms with Crippen LogP contribution in [0.5, 0.6) is 0 Å². The van der Waals surface area contributed by atoms with Gasteiger partial charge in [0.25, 0.3) is 0 Å². The second-order valence-electron chi connectivity index (χ2n) is 11.1. The van der Waals surface area contributed by atoms with Gasteiger partial charge in [0, 0.05) is 49.1 Å². The second kappa shape index (κ2) is 13.4.